The Balaban J connectivity index is 1.57. The van der Waals surface area contributed by atoms with E-state index in [0.717, 1.165) is 12.1 Å². The van der Waals surface area contributed by atoms with E-state index >= 15 is 0 Å². The predicted octanol–water partition coefficient (Wildman–Crippen LogP) is 4.63. The first-order valence-corrected chi connectivity index (χ1v) is 9.29. The van der Waals surface area contributed by atoms with Gasteiger partial charge in [0.25, 0.3) is 0 Å². The smallest absolute Gasteiger partial charge is 0.416 e. The topological polar surface area (TPSA) is 68.5 Å². The van der Waals surface area contributed by atoms with E-state index < -0.39 is 17.8 Å². The monoisotopic (exact) mass is 417 g/mol. The van der Waals surface area contributed by atoms with E-state index in [1.54, 1.807) is 37.4 Å². The molecular formula is C21H18F3N3O3. The van der Waals surface area contributed by atoms with Gasteiger partial charge in [-0.05, 0) is 36.2 Å². The molecule has 1 saturated heterocycles. The first kappa shape index (κ1) is 19.9. The summed E-state index contributed by atoms with van der Waals surface area (Å²) in [6.07, 6.45) is -3.72. The second-order valence-corrected chi connectivity index (χ2v) is 6.96. The summed E-state index contributed by atoms with van der Waals surface area (Å²) in [5.41, 5.74) is 0.331. The van der Waals surface area contributed by atoms with E-state index in [1.165, 1.54) is 11.0 Å². The summed E-state index contributed by atoms with van der Waals surface area (Å²) in [6.45, 7) is 0.0320. The number of rotatable bonds is 5. The number of benzene rings is 2. The highest BCUT2D eigenvalue weighted by atomic mass is 19.4. The van der Waals surface area contributed by atoms with Crippen LogP contribution in [0.2, 0.25) is 0 Å². The van der Waals surface area contributed by atoms with Crippen molar-refractivity contribution in [3.05, 3.63) is 65.5 Å². The molecule has 0 spiro atoms. The van der Waals surface area contributed by atoms with Crippen LogP contribution in [0.15, 0.2) is 53.1 Å². The fraction of sp³-hybridized carbons (Fsp3) is 0.286. The van der Waals surface area contributed by atoms with E-state index in [0.29, 0.717) is 29.1 Å². The van der Waals surface area contributed by atoms with Gasteiger partial charge in [0.1, 0.15) is 11.8 Å². The molecule has 0 aliphatic carbocycles. The van der Waals surface area contributed by atoms with Gasteiger partial charge in [0.15, 0.2) is 0 Å². The molecule has 1 fully saturated rings. The molecule has 1 aliphatic rings. The molecule has 1 aliphatic heterocycles. The van der Waals surface area contributed by atoms with Crippen molar-refractivity contribution in [3.8, 4) is 17.1 Å². The van der Waals surface area contributed by atoms with Crippen LogP contribution in [0, 0.1) is 0 Å². The lowest BCUT2D eigenvalue weighted by molar-refractivity contribution is -0.137. The lowest BCUT2D eigenvalue weighted by atomic mass is 10.1. The molecule has 1 amide bonds. The van der Waals surface area contributed by atoms with Crippen LogP contribution >= 0.6 is 0 Å². The molecule has 30 heavy (non-hydrogen) atoms. The molecule has 2 aromatic carbocycles. The van der Waals surface area contributed by atoms with Gasteiger partial charge in [-0.25, -0.2) is 0 Å². The number of amides is 1. The maximum absolute atomic E-state index is 13.0. The van der Waals surface area contributed by atoms with Gasteiger partial charge in [0.05, 0.1) is 12.7 Å². The number of hydrogen-bond acceptors (Lipinski definition) is 5. The normalized spacial score (nSPS) is 16.9. The van der Waals surface area contributed by atoms with Gasteiger partial charge in [-0.15, -0.1) is 0 Å². The van der Waals surface area contributed by atoms with Gasteiger partial charge in [-0.2, -0.15) is 18.2 Å². The fourth-order valence-corrected chi connectivity index (χ4v) is 3.48. The zero-order chi connectivity index (χ0) is 21.3. The van der Waals surface area contributed by atoms with Crippen LogP contribution in [-0.4, -0.2) is 28.1 Å². The lowest BCUT2D eigenvalue weighted by Gasteiger charge is -2.22. The average Bonchev–Trinajstić information content (AvgIpc) is 3.35. The number of nitrogens with zero attached hydrogens (tertiary/aromatic N) is 3. The maximum Gasteiger partial charge on any atom is 0.416 e. The Kier molecular flexibility index (Phi) is 5.19. The molecule has 0 saturated carbocycles. The second-order valence-electron chi connectivity index (χ2n) is 6.96. The molecule has 1 aromatic heterocycles. The zero-order valence-electron chi connectivity index (χ0n) is 16.0. The van der Waals surface area contributed by atoms with E-state index in [2.05, 4.69) is 10.1 Å². The van der Waals surface area contributed by atoms with Crippen molar-refractivity contribution in [3.63, 3.8) is 0 Å². The van der Waals surface area contributed by atoms with Crippen molar-refractivity contribution in [2.45, 2.75) is 31.6 Å². The number of alkyl halides is 3. The summed E-state index contributed by atoms with van der Waals surface area (Å²) in [4.78, 5) is 18.3. The zero-order valence-corrected chi connectivity index (χ0v) is 16.0. The van der Waals surface area contributed by atoms with Crippen molar-refractivity contribution in [1.29, 1.82) is 0 Å². The van der Waals surface area contributed by atoms with Crippen molar-refractivity contribution in [2.75, 3.05) is 7.11 Å². The van der Waals surface area contributed by atoms with E-state index in [-0.39, 0.29) is 24.8 Å². The van der Waals surface area contributed by atoms with Gasteiger partial charge in [0, 0.05) is 18.5 Å². The molecule has 3 aromatic rings. The van der Waals surface area contributed by atoms with Crippen LogP contribution in [0.25, 0.3) is 11.4 Å². The van der Waals surface area contributed by atoms with Gasteiger partial charge < -0.3 is 14.2 Å². The van der Waals surface area contributed by atoms with Crippen LogP contribution in [-0.2, 0) is 17.5 Å². The Hall–Kier alpha value is -3.36. The number of carbonyl (C=O) groups is 1. The number of methoxy groups -OCH3 is 1. The third-order valence-electron chi connectivity index (χ3n) is 4.99. The first-order valence-electron chi connectivity index (χ1n) is 9.29. The lowest BCUT2D eigenvalue weighted by Crippen LogP contribution is -2.27. The molecule has 1 atom stereocenters. The van der Waals surface area contributed by atoms with Crippen LogP contribution in [0.4, 0.5) is 13.2 Å². The average molecular weight is 417 g/mol. The summed E-state index contributed by atoms with van der Waals surface area (Å²) in [7, 11) is 1.55. The van der Waals surface area contributed by atoms with Crippen molar-refractivity contribution < 1.29 is 27.2 Å². The number of aromatic nitrogens is 2. The Morgan fingerprint density at radius 3 is 2.77 bits per heavy atom. The Morgan fingerprint density at radius 2 is 2.00 bits per heavy atom. The maximum atomic E-state index is 13.0. The number of halogens is 3. The molecule has 0 N–H and O–H groups in total. The van der Waals surface area contributed by atoms with Crippen LogP contribution in [0.5, 0.6) is 5.75 Å². The van der Waals surface area contributed by atoms with E-state index in [4.69, 9.17) is 9.26 Å². The molecule has 9 heteroatoms. The van der Waals surface area contributed by atoms with Gasteiger partial charge in [-0.1, -0.05) is 29.4 Å². The molecule has 4 rings (SSSR count). The SMILES string of the molecule is COc1cccc(-c2noc(C3CCC(=O)N3Cc3cccc(C(F)(F)F)c3)n2)c1. The van der Waals surface area contributed by atoms with Crippen LogP contribution < -0.4 is 4.74 Å². The molecule has 6 nitrogen and oxygen atoms in total. The Labute approximate surface area is 170 Å². The first-order chi connectivity index (χ1) is 14.3. The summed E-state index contributed by atoms with van der Waals surface area (Å²) in [5, 5.41) is 3.99. The standard InChI is InChI=1S/C21H18F3N3O3/c1-29-16-7-3-5-14(11-16)19-25-20(30-26-19)17-8-9-18(28)27(17)12-13-4-2-6-15(10-13)21(22,23)24/h2-7,10-11,17H,8-9,12H2,1H3. The minimum absolute atomic E-state index is 0.0320. The Morgan fingerprint density at radius 1 is 1.20 bits per heavy atom. The molecular weight excluding hydrogens is 399 g/mol. The molecule has 156 valence electrons. The Bertz CT molecular complexity index is 1060. The van der Waals surface area contributed by atoms with E-state index in [9.17, 15) is 18.0 Å². The summed E-state index contributed by atoms with van der Waals surface area (Å²) < 4.78 is 49.6. The van der Waals surface area contributed by atoms with Gasteiger partial charge in [-0.3, -0.25) is 4.79 Å². The van der Waals surface area contributed by atoms with E-state index in [1.807, 2.05) is 0 Å². The summed E-state index contributed by atoms with van der Waals surface area (Å²) >= 11 is 0. The third kappa shape index (κ3) is 4.00. The van der Waals surface area contributed by atoms with Crippen molar-refractivity contribution in [1.82, 2.24) is 15.0 Å². The van der Waals surface area contributed by atoms with Crippen molar-refractivity contribution in [2.24, 2.45) is 0 Å². The highest BCUT2D eigenvalue weighted by Gasteiger charge is 2.36. The number of ether oxygens (including phenoxy) is 1. The van der Waals surface area contributed by atoms with Crippen LogP contribution in [0.3, 0.4) is 0 Å². The minimum Gasteiger partial charge on any atom is -0.497 e. The molecule has 2 heterocycles. The molecule has 0 bridgehead atoms. The largest absolute Gasteiger partial charge is 0.497 e. The third-order valence-corrected chi connectivity index (χ3v) is 4.99. The highest BCUT2D eigenvalue weighted by Crippen LogP contribution is 2.35. The molecule has 0 radical (unpaired) electrons. The minimum atomic E-state index is -4.44. The highest BCUT2D eigenvalue weighted by molar-refractivity contribution is 5.78. The van der Waals surface area contributed by atoms with Crippen molar-refractivity contribution >= 4 is 5.91 Å². The summed E-state index contributed by atoms with van der Waals surface area (Å²) in [5.74, 6) is 1.08. The van der Waals surface area contributed by atoms with Crippen LogP contribution in [0.1, 0.15) is 35.9 Å². The predicted molar refractivity (Wildman–Crippen MR) is 100 cm³/mol. The molecule has 1 unspecified atom stereocenters. The van der Waals surface area contributed by atoms with Gasteiger partial charge >= 0.3 is 6.18 Å². The summed E-state index contributed by atoms with van der Waals surface area (Å²) in [6, 6.07) is 11.6. The quantitative estimate of drug-likeness (QED) is 0.606. The number of hydrogen-bond donors (Lipinski definition) is 0. The second kappa shape index (κ2) is 7.81. The number of likely N-dealkylation sites (tertiary alicyclic amines) is 1. The fourth-order valence-electron chi connectivity index (χ4n) is 3.48. The number of carbonyl (C=O) groups excluding carboxylic acids is 1. The van der Waals surface area contributed by atoms with Gasteiger partial charge in [0.2, 0.25) is 17.6 Å².